The van der Waals surface area contributed by atoms with Gasteiger partial charge in [-0.2, -0.15) is 0 Å². The standard InChI is InChI=1S/C20H27N3O2/c1-13-11-22(3)19(21-13)15-7-6-10-23(12-15)20(24)18-14(2)25-17-9-5-4-8-16(17)18/h11,15H,4-10,12H2,1-3H3/t15-/m0/s1. The zero-order valence-corrected chi connectivity index (χ0v) is 15.5. The SMILES string of the molecule is Cc1cn(C)c([C@H]2CCCN(C(=O)c3c(C)oc4c3CCCC4)C2)n1. The molecule has 1 amide bonds. The molecule has 1 atom stereocenters. The van der Waals surface area contributed by atoms with Gasteiger partial charge < -0.3 is 13.9 Å². The Hall–Kier alpha value is -2.04. The molecule has 0 aromatic carbocycles. The van der Waals surface area contributed by atoms with Crippen molar-refractivity contribution in [3.05, 3.63) is 40.4 Å². The Bertz CT molecular complexity index is 802. The van der Waals surface area contributed by atoms with Gasteiger partial charge in [-0.1, -0.05) is 0 Å². The third kappa shape index (κ3) is 2.90. The Morgan fingerprint density at radius 3 is 2.80 bits per heavy atom. The molecule has 2 aromatic heterocycles. The lowest BCUT2D eigenvalue weighted by Crippen LogP contribution is -2.40. The van der Waals surface area contributed by atoms with Gasteiger partial charge in [0.1, 0.15) is 17.3 Å². The summed E-state index contributed by atoms with van der Waals surface area (Å²) in [7, 11) is 2.05. The molecule has 2 aromatic rings. The van der Waals surface area contributed by atoms with Crippen LogP contribution < -0.4 is 0 Å². The van der Waals surface area contributed by atoms with Crippen LogP contribution in [0.15, 0.2) is 10.6 Å². The largest absolute Gasteiger partial charge is 0.465 e. The van der Waals surface area contributed by atoms with Crippen molar-refractivity contribution >= 4 is 5.91 Å². The minimum Gasteiger partial charge on any atom is -0.465 e. The first-order chi connectivity index (χ1) is 12.0. The summed E-state index contributed by atoms with van der Waals surface area (Å²) < 4.78 is 8.03. The van der Waals surface area contributed by atoms with E-state index in [9.17, 15) is 4.79 Å². The fraction of sp³-hybridized carbons (Fsp3) is 0.600. The molecule has 0 spiro atoms. The highest BCUT2D eigenvalue weighted by Gasteiger charge is 2.32. The van der Waals surface area contributed by atoms with E-state index in [1.165, 1.54) is 5.56 Å². The van der Waals surface area contributed by atoms with E-state index in [1.54, 1.807) is 0 Å². The first-order valence-corrected chi connectivity index (χ1v) is 9.45. The van der Waals surface area contributed by atoms with Gasteiger partial charge in [-0.3, -0.25) is 4.79 Å². The predicted octanol–water partition coefficient (Wildman–Crippen LogP) is 3.53. The number of furan rings is 1. The summed E-state index contributed by atoms with van der Waals surface area (Å²) in [6.07, 6.45) is 8.45. The van der Waals surface area contributed by atoms with Crippen molar-refractivity contribution in [3.8, 4) is 0 Å². The van der Waals surface area contributed by atoms with Crippen LogP contribution in [0, 0.1) is 13.8 Å². The lowest BCUT2D eigenvalue weighted by Gasteiger charge is -2.32. The molecular formula is C20H27N3O2. The topological polar surface area (TPSA) is 51.3 Å². The van der Waals surface area contributed by atoms with Crippen LogP contribution in [-0.4, -0.2) is 33.4 Å². The lowest BCUT2D eigenvalue weighted by atomic mass is 9.92. The van der Waals surface area contributed by atoms with Crippen molar-refractivity contribution in [2.24, 2.45) is 7.05 Å². The number of likely N-dealkylation sites (tertiary alicyclic amines) is 1. The Balaban J connectivity index is 1.58. The minimum absolute atomic E-state index is 0.153. The quantitative estimate of drug-likeness (QED) is 0.840. The average molecular weight is 341 g/mol. The summed E-state index contributed by atoms with van der Waals surface area (Å²) in [4.78, 5) is 20.0. The fourth-order valence-electron chi connectivity index (χ4n) is 4.53. The summed E-state index contributed by atoms with van der Waals surface area (Å²) in [6.45, 7) is 5.55. The second-order valence-electron chi connectivity index (χ2n) is 7.58. The van der Waals surface area contributed by atoms with E-state index in [-0.39, 0.29) is 5.91 Å². The molecule has 0 bridgehead atoms. The maximum atomic E-state index is 13.3. The molecule has 1 aliphatic heterocycles. The van der Waals surface area contributed by atoms with Crippen molar-refractivity contribution in [1.82, 2.24) is 14.5 Å². The highest BCUT2D eigenvalue weighted by molar-refractivity contribution is 5.97. The number of imidazole rings is 1. The number of carbonyl (C=O) groups is 1. The summed E-state index contributed by atoms with van der Waals surface area (Å²) in [5.74, 6) is 3.41. The maximum Gasteiger partial charge on any atom is 0.257 e. The highest BCUT2D eigenvalue weighted by Crippen LogP contribution is 2.32. The van der Waals surface area contributed by atoms with Crippen molar-refractivity contribution < 1.29 is 9.21 Å². The number of carbonyl (C=O) groups excluding carboxylic acids is 1. The number of rotatable bonds is 2. The molecular weight excluding hydrogens is 314 g/mol. The van der Waals surface area contributed by atoms with Crippen LogP contribution >= 0.6 is 0 Å². The molecule has 1 saturated heterocycles. The van der Waals surface area contributed by atoms with Crippen molar-refractivity contribution in [1.29, 1.82) is 0 Å². The molecule has 25 heavy (non-hydrogen) atoms. The maximum absolute atomic E-state index is 13.3. The number of hydrogen-bond acceptors (Lipinski definition) is 3. The van der Waals surface area contributed by atoms with Crippen molar-refractivity contribution in [3.63, 3.8) is 0 Å². The smallest absolute Gasteiger partial charge is 0.257 e. The fourth-order valence-corrected chi connectivity index (χ4v) is 4.53. The van der Waals surface area contributed by atoms with E-state index in [2.05, 4.69) is 15.7 Å². The van der Waals surface area contributed by atoms with E-state index in [1.807, 2.05) is 25.8 Å². The Kier molecular flexibility index (Phi) is 4.18. The Labute approximate surface area is 149 Å². The van der Waals surface area contributed by atoms with E-state index in [0.717, 1.165) is 80.2 Å². The molecule has 0 saturated carbocycles. The molecule has 5 heteroatoms. The number of aryl methyl sites for hydroxylation is 4. The second kappa shape index (κ2) is 6.36. The van der Waals surface area contributed by atoms with Crippen LogP contribution in [0.25, 0.3) is 0 Å². The minimum atomic E-state index is 0.153. The van der Waals surface area contributed by atoms with E-state index in [4.69, 9.17) is 4.42 Å². The van der Waals surface area contributed by atoms with Gasteiger partial charge in [0.25, 0.3) is 5.91 Å². The molecule has 3 heterocycles. The molecule has 134 valence electrons. The van der Waals surface area contributed by atoms with Gasteiger partial charge in [0.05, 0.1) is 11.3 Å². The molecule has 1 aliphatic carbocycles. The number of fused-ring (bicyclic) bond motifs is 1. The summed E-state index contributed by atoms with van der Waals surface area (Å²) >= 11 is 0. The van der Waals surface area contributed by atoms with Crippen LogP contribution in [0.3, 0.4) is 0 Å². The molecule has 0 unspecified atom stereocenters. The van der Waals surface area contributed by atoms with Crippen LogP contribution in [0.1, 0.15) is 70.6 Å². The number of amides is 1. The van der Waals surface area contributed by atoms with Gasteiger partial charge in [-0.05, 0) is 46.0 Å². The van der Waals surface area contributed by atoms with E-state index < -0.39 is 0 Å². The lowest BCUT2D eigenvalue weighted by molar-refractivity contribution is 0.0700. The van der Waals surface area contributed by atoms with Gasteiger partial charge in [0, 0.05) is 44.2 Å². The molecule has 4 rings (SSSR count). The van der Waals surface area contributed by atoms with E-state index >= 15 is 0 Å². The second-order valence-corrected chi connectivity index (χ2v) is 7.58. The summed E-state index contributed by atoms with van der Waals surface area (Å²) in [6, 6.07) is 0. The number of aromatic nitrogens is 2. The number of hydrogen-bond donors (Lipinski definition) is 0. The van der Waals surface area contributed by atoms with Crippen LogP contribution in [0.5, 0.6) is 0 Å². The first-order valence-electron chi connectivity index (χ1n) is 9.45. The predicted molar refractivity (Wildman–Crippen MR) is 95.9 cm³/mol. The summed E-state index contributed by atoms with van der Waals surface area (Å²) in [5, 5.41) is 0. The van der Waals surface area contributed by atoms with Gasteiger partial charge in [0.15, 0.2) is 0 Å². The van der Waals surface area contributed by atoms with Crippen LogP contribution in [0.4, 0.5) is 0 Å². The third-order valence-corrected chi connectivity index (χ3v) is 5.67. The summed E-state index contributed by atoms with van der Waals surface area (Å²) in [5.41, 5.74) is 3.05. The van der Waals surface area contributed by atoms with Crippen LogP contribution in [-0.2, 0) is 19.9 Å². The first kappa shape index (κ1) is 16.4. The zero-order chi connectivity index (χ0) is 17.6. The van der Waals surface area contributed by atoms with E-state index in [0.29, 0.717) is 5.92 Å². The molecule has 1 fully saturated rings. The monoisotopic (exact) mass is 341 g/mol. The van der Waals surface area contributed by atoms with Gasteiger partial charge in [0.2, 0.25) is 0 Å². The third-order valence-electron chi connectivity index (χ3n) is 5.67. The van der Waals surface area contributed by atoms with Crippen LogP contribution in [0.2, 0.25) is 0 Å². The zero-order valence-electron chi connectivity index (χ0n) is 15.5. The van der Waals surface area contributed by atoms with Gasteiger partial charge >= 0.3 is 0 Å². The van der Waals surface area contributed by atoms with Crippen molar-refractivity contribution in [2.45, 2.75) is 58.3 Å². The Morgan fingerprint density at radius 1 is 1.24 bits per heavy atom. The highest BCUT2D eigenvalue weighted by atomic mass is 16.3. The molecule has 5 nitrogen and oxygen atoms in total. The number of piperidine rings is 1. The molecule has 2 aliphatic rings. The molecule has 0 radical (unpaired) electrons. The van der Waals surface area contributed by atoms with Gasteiger partial charge in [-0.15, -0.1) is 0 Å². The molecule has 0 N–H and O–H groups in total. The van der Waals surface area contributed by atoms with Crippen molar-refractivity contribution in [2.75, 3.05) is 13.1 Å². The Morgan fingerprint density at radius 2 is 2.04 bits per heavy atom. The number of nitrogens with zero attached hydrogens (tertiary/aromatic N) is 3. The van der Waals surface area contributed by atoms with Gasteiger partial charge in [-0.25, -0.2) is 4.98 Å². The average Bonchev–Trinajstić information content (AvgIpc) is 3.12. The normalized spacial score (nSPS) is 20.6.